The smallest absolute Gasteiger partial charge is 0.277 e. The van der Waals surface area contributed by atoms with Gasteiger partial charge in [-0.05, 0) is 54.3 Å². The first-order valence-corrected chi connectivity index (χ1v) is 10.2. The number of amides is 1. The standard InChI is InChI=1S/C23H22Cl2N2O3/c1-14(2)17-9-7-15(3)11-21(17)29-13-22(28)27-26-12-16-8-10-20(30-16)18-5-4-6-19(24)23(18)25/h4-12,14H,13H2,1-3H3,(H,27,28). The van der Waals surface area contributed by atoms with Gasteiger partial charge in [0.25, 0.3) is 5.91 Å². The minimum atomic E-state index is -0.368. The molecule has 156 valence electrons. The van der Waals surface area contributed by atoms with E-state index in [9.17, 15) is 4.79 Å². The van der Waals surface area contributed by atoms with E-state index >= 15 is 0 Å². The van der Waals surface area contributed by atoms with Crippen LogP contribution in [0.1, 0.15) is 36.7 Å². The molecule has 2 aromatic carbocycles. The zero-order valence-corrected chi connectivity index (χ0v) is 18.4. The van der Waals surface area contributed by atoms with Crippen molar-refractivity contribution < 1.29 is 13.9 Å². The van der Waals surface area contributed by atoms with Crippen LogP contribution in [0.5, 0.6) is 5.75 Å². The number of rotatable bonds is 7. The van der Waals surface area contributed by atoms with Gasteiger partial charge >= 0.3 is 0 Å². The van der Waals surface area contributed by atoms with Crippen molar-refractivity contribution in [2.45, 2.75) is 26.7 Å². The number of nitrogens with one attached hydrogen (secondary N) is 1. The van der Waals surface area contributed by atoms with Gasteiger partial charge < -0.3 is 9.15 Å². The van der Waals surface area contributed by atoms with Crippen molar-refractivity contribution in [3.63, 3.8) is 0 Å². The molecule has 1 heterocycles. The van der Waals surface area contributed by atoms with Gasteiger partial charge in [-0.1, -0.05) is 55.2 Å². The number of benzene rings is 2. The SMILES string of the molecule is Cc1ccc(C(C)C)c(OCC(=O)NN=Cc2ccc(-c3cccc(Cl)c3Cl)o2)c1. The van der Waals surface area contributed by atoms with Gasteiger partial charge in [0.1, 0.15) is 17.3 Å². The lowest BCUT2D eigenvalue weighted by Crippen LogP contribution is -2.24. The van der Waals surface area contributed by atoms with Crippen molar-refractivity contribution in [2.75, 3.05) is 6.61 Å². The predicted molar refractivity (Wildman–Crippen MR) is 121 cm³/mol. The van der Waals surface area contributed by atoms with E-state index in [1.807, 2.05) is 31.2 Å². The Morgan fingerprint density at radius 2 is 2.00 bits per heavy atom. The van der Waals surface area contributed by atoms with Gasteiger partial charge in [0.15, 0.2) is 6.61 Å². The Hall–Kier alpha value is -2.76. The number of hydrazone groups is 1. The molecule has 0 spiro atoms. The highest BCUT2D eigenvalue weighted by molar-refractivity contribution is 6.43. The number of furan rings is 1. The first-order chi connectivity index (χ1) is 14.3. The van der Waals surface area contributed by atoms with Crippen molar-refractivity contribution in [2.24, 2.45) is 5.10 Å². The second-order valence-corrected chi connectivity index (χ2v) is 7.87. The molecule has 0 aliphatic carbocycles. The molecule has 0 bridgehead atoms. The zero-order chi connectivity index (χ0) is 21.7. The van der Waals surface area contributed by atoms with Gasteiger partial charge in [0.05, 0.1) is 16.3 Å². The fourth-order valence-electron chi connectivity index (χ4n) is 2.85. The number of hydrogen-bond acceptors (Lipinski definition) is 4. The van der Waals surface area contributed by atoms with E-state index in [2.05, 4.69) is 24.4 Å². The van der Waals surface area contributed by atoms with Crippen molar-refractivity contribution in [1.82, 2.24) is 5.43 Å². The molecule has 30 heavy (non-hydrogen) atoms. The van der Waals surface area contributed by atoms with Crippen molar-refractivity contribution in [3.05, 3.63) is 75.5 Å². The van der Waals surface area contributed by atoms with E-state index in [0.717, 1.165) is 11.1 Å². The number of aryl methyl sites for hydroxylation is 1. The van der Waals surface area contributed by atoms with Gasteiger partial charge in [-0.2, -0.15) is 5.10 Å². The summed E-state index contributed by atoms with van der Waals surface area (Å²) in [4.78, 5) is 12.1. The van der Waals surface area contributed by atoms with E-state index in [0.29, 0.717) is 38.8 Å². The number of carbonyl (C=O) groups is 1. The highest BCUT2D eigenvalue weighted by Gasteiger charge is 2.11. The van der Waals surface area contributed by atoms with Crippen LogP contribution in [0, 0.1) is 6.92 Å². The molecule has 1 aromatic heterocycles. The molecule has 0 aliphatic heterocycles. The van der Waals surface area contributed by atoms with Gasteiger partial charge in [0, 0.05) is 5.56 Å². The van der Waals surface area contributed by atoms with Crippen LogP contribution < -0.4 is 10.2 Å². The minimum Gasteiger partial charge on any atom is -0.483 e. The molecular formula is C23H22Cl2N2O3. The summed E-state index contributed by atoms with van der Waals surface area (Å²) in [5.74, 6) is 1.65. The van der Waals surface area contributed by atoms with Gasteiger partial charge in [0.2, 0.25) is 0 Å². The van der Waals surface area contributed by atoms with Crippen molar-refractivity contribution in [3.8, 4) is 17.1 Å². The summed E-state index contributed by atoms with van der Waals surface area (Å²) >= 11 is 12.3. The van der Waals surface area contributed by atoms with Crippen LogP contribution in [0.15, 0.2) is 58.0 Å². The molecule has 0 atom stereocenters. The van der Waals surface area contributed by atoms with E-state index in [4.69, 9.17) is 32.4 Å². The fraction of sp³-hybridized carbons (Fsp3) is 0.217. The lowest BCUT2D eigenvalue weighted by Gasteiger charge is -2.14. The number of ether oxygens (including phenoxy) is 1. The van der Waals surface area contributed by atoms with E-state index in [-0.39, 0.29) is 12.5 Å². The molecule has 7 heteroatoms. The zero-order valence-electron chi connectivity index (χ0n) is 16.9. The maximum absolute atomic E-state index is 12.1. The second kappa shape index (κ2) is 9.83. The Morgan fingerprint density at radius 3 is 2.77 bits per heavy atom. The molecule has 0 saturated heterocycles. The predicted octanol–water partition coefficient (Wildman–Crippen LogP) is 6.21. The number of halogens is 2. The highest BCUT2D eigenvalue weighted by Crippen LogP contribution is 2.34. The van der Waals surface area contributed by atoms with Crippen LogP contribution in [-0.4, -0.2) is 18.7 Å². The third kappa shape index (κ3) is 5.43. The quantitative estimate of drug-likeness (QED) is 0.347. The first kappa shape index (κ1) is 21.9. The van der Waals surface area contributed by atoms with Crippen LogP contribution in [0.3, 0.4) is 0 Å². The van der Waals surface area contributed by atoms with Gasteiger partial charge in [-0.3, -0.25) is 4.79 Å². The molecule has 3 aromatic rings. The van der Waals surface area contributed by atoms with Crippen molar-refractivity contribution >= 4 is 35.3 Å². The molecule has 1 N–H and O–H groups in total. The minimum absolute atomic E-state index is 0.137. The molecule has 0 saturated carbocycles. The third-order valence-corrected chi connectivity index (χ3v) is 5.19. The Labute approximate surface area is 185 Å². The molecular weight excluding hydrogens is 423 g/mol. The highest BCUT2D eigenvalue weighted by atomic mass is 35.5. The molecule has 1 amide bonds. The lowest BCUT2D eigenvalue weighted by molar-refractivity contribution is -0.123. The Kier molecular flexibility index (Phi) is 7.19. The lowest BCUT2D eigenvalue weighted by atomic mass is 10.0. The van der Waals surface area contributed by atoms with E-state index in [1.54, 1.807) is 24.3 Å². The van der Waals surface area contributed by atoms with Crippen LogP contribution in [0.2, 0.25) is 10.0 Å². The van der Waals surface area contributed by atoms with Crippen LogP contribution in [-0.2, 0) is 4.79 Å². The normalized spacial score (nSPS) is 11.3. The van der Waals surface area contributed by atoms with Gasteiger partial charge in [-0.25, -0.2) is 5.43 Å². The Bertz CT molecular complexity index is 1070. The van der Waals surface area contributed by atoms with E-state index in [1.165, 1.54) is 6.21 Å². The van der Waals surface area contributed by atoms with Gasteiger partial charge in [-0.15, -0.1) is 0 Å². The maximum atomic E-state index is 12.1. The van der Waals surface area contributed by atoms with Crippen LogP contribution in [0.25, 0.3) is 11.3 Å². The Morgan fingerprint density at radius 1 is 1.20 bits per heavy atom. The average molecular weight is 445 g/mol. The summed E-state index contributed by atoms with van der Waals surface area (Å²) in [5, 5.41) is 4.78. The van der Waals surface area contributed by atoms with Crippen LogP contribution >= 0.6 is 23.2 Å². The number of nitrogens with zero attached hydrogens (tertiary/aromatic N) is 1. The maximum Gasteiger partial charge on any atom is 0.277 e. The second-order valence-electron chi connectivity index (χ2n) is 7.08. The largest absolute Gasteiger partial charge is 0.483 e. The molecule has 3 rings (SSSR count). The molecule has 0 aliphatic rings. The summed E-state index contributed by atoms with van der Waals surface area (Å²) in [6, 6.07) is 14.8. The summed E-state index contributed by atoms with van der Waals surface area (Å²) in [5.41, 5.74) is 5.24. The third-order valence-electron chi connectivity index (χ3n) is 4.37. The summed E-state index contributed by atoms with van der Waals surface area (Å²) < 4.78 is 11.4. The number of carbonyl (C=O) groups excluding carboxylic acids is 1. The molecule has 0 radical (unpaired) electrons. The fourth-order valence-corrected chi connectivity index (χ4v) is 3.24. The average Bonchev–Trinajstić information content (AvgIpc) is 3.17. The number of hydrogen-bond donors (Lipinski definition) is 1. The topological polar surface area (TPSA) is 63.8 Å². The monoisotopic (exact) mass is 444 g/mol. The molecule has 5 nitrogen and oxygen atoms in total. The molecule has 0 fully saturated rings. The van der Waals surface area contributed by atoms with E-state index < -0.39 is 0 Å². The van der Waals surface area contributed by atoms with Crippen LogP contribution in [0.4, 0.5) is 0 Å². The Balaban J connectivity index is 1.58. The summed E-state index contributed by atoms with van der Waals surface area (Å²) in [6.45, 7) is 6.00. The van der Waals surface area contributed by atoms with Crippen molar-refractivity contribution in [1.29, 1.82) is 0 Å². The first-order valence-electron chi connectivity index (χ1n) is 9.44. The summed E-state index contributed by atoms with van der Waals surface area (Å²) in [7, 11) is 0. The molecule has 0 unspecified atom stereocenters. The summed E-state index contributed by atoms with van der Waals surface area (Å²) in [6.07, 6.45) is 1.41.